The van der Waals surface area contributed by atoms with Crippen molar-refractivity contribution in [2.24, 2.45) is 0 Å². The van der Waals surface area contributed by atoms with Crippen molar-refractivity contribution < 1.29 is 23.8 Å². The molecular formula is C23H24FN3O4. The highest BCUT2D eigenvalue weighted by atomic mass is 19.1. The van der Waals surface area contributed by atoms with E-state index in [1.54, 1.807) is 30.3 Å². The van der Waals surface area contributed by atoms with Crippen molar-refractivity contribution in [3.05, 3.63) is 71.3 Å². The van der Waals surface area contributed by atoms with E-state index in [1.807, 2.05) is 0 Å². The van der Waals surface area contributed by atoms with E-state index >= 15 is 0 Å². The van der Waals surface area contributed by atoms with Crippen LogP contribution in [0.25, 0.3) is 5.76 Å². The Bertz CT molecular complexity index is 989. The van der Waals surface area contributed by atoms with E-state index < -0.39 is 23.5 Å². The van der Waals surface area contributed by atoms with Crippen LogP contribution in [0.15, 0.2) is 54.4 Å². The number of rotatable bonds is 6. The van der Waals surface area contributed by atoms with Crippen LogP contribution in [0.3, 0.4) is 0 Å². The number of aromatic nitrogens is 1. The summed E-state index contributed by atoms with van der Waals surface area (Å²) in [6.07, 6.45) is 3.57. The first-order valence-electron chi connectivity index (χ1n) is 10.3. The maximum atomic E-state index is 14.7. The summed E-state index contributed by atoms with van der Waals surface area (Å²) >= 11 is 0. The second-order valence-electron chi connectivity index (χ2n) is 7.56. The molecule has 7 nitrogen and oxygen atoms in total. The lowest BCUT2D eigenvalue weighted by Gasteiger charge is -2.29. The number of benzene rings is 1. The van der Waals surface area contributed by atoms with E-state index in [-0.39, 0.29) is 23.4 Å². The fraction of sp³-hybridized carbons (Fsp3) is 0.348. The predicted molar refractivity (Wildman–Crippen MR) is 112 cm³/mol. The van der Waals surface area contributed by atoms with Crippen molar-refractivity contribution in [2.75, 3.05) is 39.4 Å². The number of nitrogens with zero attached hydrogens (tertiary/aromatic N) is 3. The van der Waals surface area contributed by atoms with Crippen molar-refractivity contribution in [3.63, 3.8) is 0 Å². The molecule has 31 heavy (non-hydrogen) atoms. The van der Waals surface area contributed by atoms with Gasteiger partial charge in [0, 0.05) is 49.7 Å². The molecule has 1 atom stereocenters. The average molecular weight is 425 g/mol. The van der Waals surface area contributed by atoms with Crippen LogP contribution < -0.4 is 0 Å². The van der Waals surface area contributed by atoms with Crippen LogP contribution in [0, 0.1) is 5.82 Å². The third-order valence-electron chi connectivity index (χ3n) is 5.67. The summed E-state index contributed by atoms with van der Waals surface area (Å²) < 4.78 is 20.1. The molecule has 2 aromatic rings. The molecule has 1 amide bonds. The van der Waals surface area contributed by atoms with Crippen LogP contribution in [-0.4, -0.2) is 71.0 Å². The standard InChI is InChI=1S/C23H24FN3O4/c24-18-5-2-1-4-17(18)20-19(21(28)16-6-8-25-9-7-16)22(29)23(30)27(20)11-3-10-26-12-14-31-15-13-26/h1-2,4-9,20,28H,3,10-15H2/b21-19+. The normalized spacial score (nSPS) is 21.6. The Morgan fingerprint density at radius 2 is 1.81 bits per heavy atom. The summed E-state index contributed by atoms with van der Waals surface area (Å²) in [4.78, 5) is 33.3. The second kappa shape index (κ2) is 9.36. The molecule has 4 rings (SSSR count). The molecular weight excluding hydrogens is 401 g/mol. The molecule has 0 saturated carbocycles. The minimum absolute atomic E-state index is 0.104. The Labute approximate surface area is 179 Å². The number of Topliss-reactive ketones (excluding diaryl/α,β-unsaturated/α-hetero) is 1. The van der Waals surface area contributed by atoms with Gasteiger partial charge >= 0.3 is 0 Å². The fourth-order valence-corrected chi connectivity index (χ4v) is 4.09. The molecule has 0 radical (unpaired) electrons. The lowest BCUT2D eigenvalue weighted by Crippen LogP contribution is -2.39. The summed E-state index contributed by atoms with van der Waals surface area (Å²) in [5.41, 5.74) is 0.430. The van der Waals surface area contributed by atoms with E-state index in [9.17, 15) is 19.1 Å². The maximum absolute atomic E-state index is 14.7. The molecule has 1 N–H and O–H groups in total. The smallest absolute Gasteiger partial charge is 0.295 e. The maximum Gasteiger partial charge on any atom is 0.295 e. The van der Waals surface area contributed by atoms with Gasteiger partial charge < -0.3 is 14.7 Å². The average Bonchev–Trinajstić information content (AvgIpc) is 3.05. The molecule has 0 bridgehead atoms. The molecule has 3 heterocycles. The molecule has 2 saturated heterocycles. The van der Waals surface area contributed by atoms with Gasteiger partial charge in [0.15, 0.2) is 0 Å². The molecule has 2 fully saturated rings. The molecule has 2 aliphatic heterocycles. The number of hydrogen-bond acceptors (Lipinski definition) is 6. The first-order chi connectivity index (χ1) is 15.1. The van der Waals surface area contributed by atoms with Crippen molar-refractivity contribution in [1.82, 2.24) is 14.8 Å². The number of halogens is 1. The van der Waals surface area contributed by atoms with Gasteiger partial charge in [0.1, 0.15) is 11.6 Å². The Morgan fingerprint density at radius 1 is 1.10 bits per heavy atom. The van der Waals surface area contributed by atoms with Gasteiger partial charge in [-0.1, -0.05) is 18.2 Å². The zero-order valence-corrected chi connectivity index (χ0v) is 17.0. The predicted octanol–water partition coefficient (Wildman–Crippen LogP) is 2.36. The summed E-state index contributed by atoms with van der Waals surface area (Å²) in [7, 11) is 0. The highest BCUT2D eigenvalue weighted by Gasteiger charge is 2.46. The molecule has 2 aliphatic rings. The van der Waals surface area contributed by atoms with E-state index in [2.05, 4.69) is 9.88 Å². The summed E-state index contributed by atoms with van der Waals surface area (Å²) in [5.74, 6) is -2.40. The monoisotopic (exact) mass is 425 g/mol. The number of amides is 1. The number of ether oxygens (including phenoxy) is 1. The van der Waals surface area contributed by atoms with Crippen LogP contribution in [0.5, 0.6) is 0 Å². The van der Waals surface area contributed by atoms with E-state index in [4.69, 9.17) is 4.74 Å². The lowest BCUT2D eigenvalue weighted by molar-refractivity contribution is -0.140. The minimum atomic E-state index is -0.987. The number of aliphatic hydroxyl groups is 1. The molecule has 1 aromatic heterocycles. The molecule has 0 spiro atoms. The zero-order valence-electron chi connectivity index (χ0n) is 17.0. The third-order valence-corrected chi connectivity index (χ3v) is 5.67. The number of hydrogen-bond donors (Lipinski definition) is 1. The topological polar surface area (TPSA) is 83.0 Å². The van der Waals surface area contributed by atoms with Crippen LogP contribution in [0.2, 0.25) is 0 Å². The first kappa shape index (κ1) is 21.1. The van der Waals surface area contributed by atoms with E-state index in [0.29, 0.717) is 25.2 Å². The van der Waals surface area contributed by atoms with Gasteiger partial charge in [-0.05, 0) is 24.6 Å². The highest BCUT2D eigenvalue weighted by molar-refractivity contribution is 6.46. The van der Waals surface area contributed by atoms with Crippen molar-refractivity contribution >= 4 is 17.4 Å². The number of carbonyl (C=O) groups excluding carboxylic acids is 2. The van der Waals surface area contributed by atoms with Gasteiger partial charge in [0.2, 0.25) is 0 Å². The number of pyridine rings is 1. The van der Waals surface area contributed by atoms with Crippen molar-refractivity contribution in [2.45, 2.75) is 12.5 Å². The molecule has 8 heteroatoms. The van der Waals surface area contributed by atoms with Gasteiger partial charge in [-0.2, -0.15) is 0 Å². The number of carbonyl (C=O) groups is 2. The summed E-state index contributed by atoms with van der Waals surface area (Å²) in [6, 6.07) is 8.12. The van der Waals surface area contributed by atoms with E-state index in [0.717, 1.165) is 19.6 Å². The van der Waals surface area contributed by atoms with Crippen LogP contribution in [0.4, 0.5) is 4.39 Å². The summed E-state index contributed by atoms with van der Waals surface area (Å²) in [6.45, 7) is 3.99. The molecule has 1 aromatic carbocycles. The largest absolute Gasteiger partial charge is 0.507 e. The third kappa shape index (κ3) is 4.35. The van der Waals surface area contributed by atoms with Gasteiger partial charge in [0.05, 0.1) is 24.8 Å². The first-order valence-corrected chi connectivity index (χ1v) is 10.3. The van der Waals surface area contributed by atoms with Crippen molar-refractivity contribution in [3.8, 4) is 0 Å². The Hall–Kier alpha value is -3.10. The van der Waals surface area contributed by atoms with Crippen LogP contribution >= 0.6 is 0 Å². The highest BCUT2D eigenvalue weighted by Crippen LogP contribution is 2.40. The second-order valence-corrected chi connectivity index (χ2v) is 7.56. The van der Waals surface area contributed by atoms with Crippen molar-refractivity contribution in [1.29, 1.82) is 0 Å². The van der Waals surface area contributed by atoms with Gasteiger partial charge in [-0.25, -0.2) is 4.39 Å². The minimum Gasteiger partial charge on any atom is -0.507 e. The van der Waals surface area contributed by atoms with E-state index in [1.165, 1.54) is 23.4 Å². The number of likely N-dealkylation sites (tertiary alicyclic amines) is 1. The Morgan fingerprint density at radius 3 is 2.52 bits per heavy atom. The Kier molecular flexibility index (Phi) is 6.39. The number of aliphatic hydroxyl groups excluding tert-OH is 1. The number of morpholine rings is 1. The van der Waals surface area contributed by atoms with Crippen LogP contribution in [0.1, 0.15) is 23.6 Å². The molecule has 1 unspecified atom stereocenters. The molecule has 162 valence electrons. The SMILES string of the molecule is O=C1C(=O)N(CCCN2CCOCC2)C(c2ccccc2F)/C1=C(\O)c1ccncc1. The summed E-state index contributed by atoms with van der Waals surface area (Å²) in [5, 5.41) is 10.9. The molecule has 0 aliphatic carbocycles. The van der Waals surface area contributed by atoms with Gasteiger partial charge in [-0.15, -0.1) is 0 Å². The fourth-order valence-electron chi connectivity index (χ4n) is 4.09. The van der Waals surface area contributed by atoms with Crippen LogP contribution in [-0.2, 0) is 14.3 Å². The van der Waals surface area contributed by atoms with Gasteiger partial charge in [-0.3, -0.25) is 19.5 Å². The lowest BCUT2D eigenvalue weighted by atomic mass is 9.95. The number of ketones is 1. The zero-order chi connectivity index (χ0) is 21.8. The van der Waals surface area contributed by atoms with Gasteiger partial charge in [0.25, 0.3) is 11.7 Å². The Balaban J connectivity index is 1.67. The quantitative estimate of drug-likeness (QED) is 0.435.